The average Bonchev–Trinajstić information content (AvgIpc) is 3.14. The SMILES string of the molecule is COCCOC1[C@@H](COP(=O)(O)O)O[C@@H](n2cnc3c(=O)[nH]c(N)nc32)[C@H]1O. The first-order valence-electron chi connectivity index (χ1n) is 8.07. The summed E-state index contributed by atoms with van der Waals surface area (Å²) in [5.74, 6) is -0.152. The normalized spacial score (nSPS) is 25.6. The van der Waals surface area contributed by atoms with Crippen LogP contribution in [0.5, 0.6) is 0 Å². The monoisotopic (exact) mass is 421 g/mol. The summed E-state index contributed by atoms with van der Waals surface area (Å²) in [6.45, 7) is -0.226. The second-order valence-electron chi connectivity index (χ2n) is 5.95. The fourth-order valence-electron chi connectivity index (χ4n) is 2.86. The lowest BCUT2D eigenvalue weighted by Crippen LogP contribution is -2.37. The van der Waals surface area contributed by atoms with E-state index < -0.39 is 44.5 Å². The number of nitrogens with two attached hydrogens (primary N) is 1. The predicted octanol–water partition coefficient (Wildman–Crippen LogP) is -1.90. The van der Waals surface area contributed by atoms with Crippen LogP contribution in [0.1, 0.15) is 6.23 Å². The Morgan fingerprint density at radius 2 is 2.18 bits per heavy atom. The van der Waals surface area contributed by atoms with Crippen molar-refractivity contribution in [3.05, 3.63) is 16.7 Å². The van der Waals surface area contributed by atoms with Gasteiger partial charge in [-0.05, 0) is 0 Å². The molecular weight excluding hydrogens is 401 g/mol. The zero-order chi connectivity index (χ0) is 20.5. The van der Waals surface area contributed by atoms with Crippen molar-refractivity contribution in [3.8, 4) is 0 Å². The maximum absolute atomic E-state index is 11.9. The van der Waals surface area contributed by atoms with E-state index in [9.17, 15) is 14.5 Å². The van der Waals surface area contributed by atoms with Gasteiger partial charge in [-0.2, -0.15) is 4.98 Å². The van der Waals surface area contributed by atoms with E-state index >= 15 is 0 Å². The molecule has 14 nitrogen and oxygen atoms in total. The Bertz CT molecular complexity index is 927. The smallest absolute Gasteiger partial charge is 0.386 e. The van der Waals surface area contributed by atoms with E-state index in [-0.39, 0.29) is 30.3 Å². The molecule has 2 aromatic heterocycles. The van der Waals surface area contributed by atoms with Crippen LogP contribution in [-0.4, -0.2) is 79.7 Å². The van der Waals surface area contributed by atoms with E-state index in [2.05, 4.69) is 19.5 Å². The lowest BCUT2D eigenvalue weighted by atomic mass is 10.1. The number of nitrogen functional groups attached to an aromatic ring is 1. The maximum atomic E-state index is 11.9. The molecule has 1 aliphatic heterocycles. The number of phosphoric ester groups is 1. The van der Waals surface area contributed by atoms with Crippen LogP contribution < -0.4 is 11.3 Å². The highest BCUT2D eigenvalue weighted by molar-refractivity contribution is 7.46. The second kappa shape index (κ2) is 8.23. The highest BCUT2D eigenvalue weighted by Crippen LogP contribution is 2.39. The van der Waals surface area contributed by atoms with Gasteiger partial charge in [0.25, 0.3) is 5.56 Å². The Balaban J connectivity index is 1.89. The molecule has 4 atom stereocenters. The summed E-state index contributed by atoms with van der Waals surface area (Å²) in [7, 11) is -3.30. The third-order valence-electron chi connectivity index (χ3n) is 4.04. The Labute approximate surface area is 157 Å². The molecule has 28 heavy (non-hydrogen) atoms. The van der Waals surface area contributed by atoms with Crippen LogP contribution in [0, 0.1) is 0 Å². The minimum absolute atomic E-state index is 0.0169. The Morgan fingerprint density at radius 3 is 2.86 bits per heavy atom. The van der Waals surface area contributed by atoms with E-state index in [1.54, 1.807) is 0 Å². The number of nitrogens with one attached hydrogen (secondary N) is 1. The number of aliphatic hydroxyl groups is 1. The molecule has 3 heterocycles. The number of imidazole rings is 1. The van der Waals surface area contributed by atoms with Gasteiger partial charge in [0.05, 0.1) is 26.1 Å². The van der Waals surface area contributed by atoms with Gasteiger partial charge in [-0.15, -0.1) is 0 Å². The van der Waals surface area contributed by atoms with Gasteiger partial charge < -0.3 is 34.8 Å². The lowest BCUT2D eigenvalue weighted by molar-refractivity contribution is -0.0669. The van der Waals surface area contributed by atoms with Crippen LogP contribution >= 0.6 is 7.82 Å². The van der Waals surface area contributed by atoms with E-state index in [4.69, 9.17) is 29.7 Å². The van der Waals surface area contributed by atoms with Crippen molar-refractivity contribution in [2.24, 2.45) is 0 Å². The van der Waals surface area contributed by atoms with Crippen molar-refractivity contribution < 1.29 is 38.2 Å². The molecule has 1 unspecified atom stereocenters. The molecule has 2 aromatic rings. The van der Waals surface area contributed by atoms with E-state index in [1.165, 1.54) is 18.0 Å². The van der Waals surface area contributed by atoms with Crippen LogP contribution in [0.2, 0.25) is 0 Å². The number of anilines is 1. The fraction of sp³-hybridized carbons (Fsp3) is 0.615. The summed E-state index contributed by atoms with van der Waals surface area (Å²) in [4.78, 5) is 40.0. The first kappa shape index (κ1) is 20.8. The molecule has 0 saturated carbocycles. The van der Waals surface area contributed by atoms with Crippen molar-refractivity contribution in [1.82, 2.24) is 19.5 Å². The average molecular weight is 421 g/mol. The molecular formula is C13H20N5O9P. The molecule has 0 spiro atoms. The second-order valence-corrected chi connectivity index (χ2v) is 7.18. The van der Waals surface area contributed by atoms with Crippen molar-refractivity contribution in [2.45, 2.75) is 24.5 Å². The minimum Gasteiger partial charge on any atom is -0.386 e. The first-order valence-corrected chi connectivity index (χ1v) is 9.61. The highest BCUT2D eigenvalue weighted by atomic mass is 31.2. The number of hydrogen-bond acceptors (Lipinski definition) is 10. The largest absolute Gasteiger partial charge is 0.469 e. The first-order chi connectivity index (χ1) is 13.2. The molecule has 1 aliphatic rings. The third-order valence-corrected chi connectivity index (χ3v) is 4.52. The summed E-state index contributed by atoms with van der Waals surface area (Å²) in [5, 5.41) is 10.7. The van der Waals surface area contributed by atoms with Crippen molar-refractivity contribution >= 4 is 24.9 Å². The molecule has 0 amide bonds. The number of methoxy groups -OCH3 is 1. The molecule has 3 rings (SSSR count). The summed E-state index contributed by atoms with van der Waals surface area (Å²) in [5.41, 5.74) is 5.04. The zero-order valence-corrected chi connectivity index (χ0v) is 15.6. The van der Waals surface area contributed by atoms with Gasteiger partial charge >= 0.3 is 7.82 Å². The molecule has 15 heteroatoms. The Kier molecular flexibility index (Phi) is 6.12. The van der Waals surface area contributed by atoms with Crippen LogP contribution in [0.25, 0.3) is 11.2 Å². The number of aromatic amines is 1. The van der Waals surface area contributed by atoms with E-state index in [1.807, 2.05) is 0 Å². The van der Waals surface area contributed by atoms with Gasteiger partial charge in [-0.1, -0.05) is 0 Å². The van der Waals surface area contributed by atoms with Crippen molar-refractivity contribution in [1.29, 1.82) is 0 Å². The van der Waals surface area contributed by atoms with Crippen LogP contribution in [0.3, 0.4) is 0 Å². The molecule has 6 N–H and O–H groups in total. The number of ether oxygens (including phenoxy) is 3. The quantitative estimate of drug-likeness (QED) is 0.234. The number of hydrogen-bond donors (Lipinski definition) is 5. The number of aromatic nitrogens is 4. The van der Waals surface area contributed by atoms with Crippen LogP contribution in [0.15, 0.2) is 11.1 Å². The number of H-pyrrole nitrogens is 1. The molecule has 1 saturated heterocycles. The standard InChI is InChI=1S/C13H20N5O9P/c1-24-2-3-25-9-6(4-26-28(21,22)23)27-12(8(9)19)18-5-15-7-10(18)16-13(14)17-11(7)20/h5-6,8-9,12,19H,2-4H2,1H3,(H2,21,22,23)(H3,14,16,17,20)/t6-,8+,9?,12-/m1/s1. The Hall–Kier alpha value is -1.90. The van der Waals surface area contributed by atoms with Gasteiger partial charge in [-0.3, -0.25) is 18.9 Å². The number of phosphoric acid groups is 1. The number of fused-ring (bicyclic) bond motifs is 1. The van der Waals surface area contributed by atoms with Gasteiger partial charge in [-0.25, -0.2) is 9.55 Å². The fourth-order valence-corrected chi connectivity index (χ4v) is 3.20. The van der Waals surface area contributed by atoms with Crippen LogP contribution in [0.4, 0.5) is 5.95 Å². The summed E-state index contributed by atoms with van der Waals surface area (Å²) in [6.07, 6.45) is -3.19. The highest BCUT2D eigenvalue weighted by Gasteiger charge is 2.47. The van der Waals surface area contributed by atoms with E-state index in [0.717, 1.165) is 0 Å². The topological polar surface area (TPSA) is 204 Å². The molecule has 156 valence electrons. The number of nitrogens with zero attached hydrogens (tertiary/aromatic N) is 3. The van der Waals surface area contributed by atoms with Crippen LogP contribution in [-0.2, 0) is 23.3 Å². The van der Waals surface area contributed by atoms with Gasteiger partial charge in [0.2, 0.25) is 5.95 Å². The van der Waals surface area contributed by atoms with Gasteiger partial charge in [0.1, 0.15) is 18.3 Å². The zero-order valence-electron chi connectivity index (χ0n) is 14.7. The summed E-state index contributed by atoms with van der Waals surface area (Å²) < 4.78 is 32.9. The molecule has 0 radical (unpaired) electrons. The van der Waals surface area contributed by atoms with Crippen molar-refractivity contribution in [3.63, 3.8) is 0 Å². The van der Waals surface area contributed by atoms with Crippen molar-refractivity contribution in [2.75, 3.05) is 32.7 Å². The molecule has 0 aromatic carbocycles. The molecule has 0 aliphatic carbocycles. The Morgan fingerprint density at radius 1 is 1.43 bits per heavy atom. The number of aliphatic hydroxyl groups excluding tert-OH is 1. The number of rotatable bonds is 8. The maximum Gasteiger partial charge on any atom is 0.469 e. The lowest BCUT2D eigenvalue weighted by Gasteiger charge is -2.20. The van der Waals surface area contributed by atoms with E-state index in [0.29, 0.717) is 0 Å². The molecule has 0 bridgehead atoms. The van der Waals surface area contributed by atoms with Gasteiger partial charge in [0.15, 0.2) is 17.4 Å². The van der Waals surface area contributed by atoms with Gasteiger partial charge in [0, 0.05) is 7.11 Å². The predicted molar refractivity (Wildman–Crippen MR) is 92.1 cm³/mol. The third kappa shape index (κ3) is 4.39. The summed E-state index contributed by atoms with van der Waals surface area (Å²) >= 11 is 0. The minimum atomic E-state index is -4.76. The molecule has 1 fully saturated rings. The summed E-state index contributed by atoms with van der Waals surface area (Å²) in [6, 6.07) is 0.